The van der Waals surface area contributed by atoms with Crippen molar-refractivity contribution in [2.75, 3.05) is 13.1 Å². The van der Waals surface area contributed by atoms with Gasteiger partial charge in [0.05, 0.1) is 6.04 Å². The van der Waals surface area contributed by atoms with Crippen LogP contribution in [0, 0.1) is 0 Å². The molecule has 1 aliphatic rings. The zero-order valence-electron chi connectivity index (χ0n) is 10.4. The Morgan fingerprint density at radius 1 is 1.29 bits per heavy atom. The van der Waals surface area contributed by atoms with Crippen LogP contribution in [-0.2, 0) is 0 Å². The SMILES string of the molecule is CC(N)C(c1cc(Br)cs1)N1CCCCCC1. The molecule has 1 fully saturated rings. The smallest absolute Gasteiger partial charge is 0.0591 e. The summed E-state index contributed by atoms with van der Waals surface area (Å²) in [4.78, 5) is 3.98. The summed E-state index contributed by atoms with van der Waals surface area (Å²) in [6.07, 6.45) is 5.37. The van der Waals surface area contributed by atoms with Crippen molar-refractivity contribution in [3.05, 3.63) is 20.8 Å². The third kappa shape index (κ3) is 3.53. The standard InChI is InChI=1S/C13H21BrN2S/c1-10(15)13(12-8-11(14)9-17-12)16-6-4-2-3-5-7-16/h8-10,13H,2-7,15H2,1H3. The third-order valence-electron chi connectivity index (χ3n) is 3.41. The molecule has 2 unspecified atom stereocenters. The van der Waals surface area contributed by atoms with Gasteiger partial charge in [-0.25, -0.2) is 0 Å². The number of thiophene rings is 1. The van der Waals surface area contributed by atoms with E-state index in [0.717, 1.165) is 0 Å². The van der Waals surface area contributed by atoms with Gasteiger partial charge in [-0.3, -0.25) is 4.90 Å². The lowest BCUT2D eigenvalue weighted by Gasteiger charge is -2.32. The highest BCUT2D eigenvalue weighted by Crippen LogP contribution is 2.32. The molecule has 0 spiro atoms. The largest absolute Gasteiger partial charge is 0.326 e. The maximum absolute atomic E-state index is 6.21. The minimum atomic E-state index is 0.193. The molecule has 0 aromatic carbocycles. The quantitative estimate of drug-likeness (QED) is 0.919. The fourth-order valence-electron chi connectivity index (χ4n) is 2.63. The zero-order valence-corrected chi connectivity index (χ0v) is 12.8. The van der Waals surface area contributed by atoms with Crippen molar-refractivity contribution < 1.29 is 0 Å². The minimum Gasteiger partial charge on any atom is -0.326 e. The first-order valence-corrected chi connectivity index (χ1v) is 8.09. The predicted octanol–water partition coefficient (Wildman–Crippen LogP) is 3.77. The van der Waals surface area contributed by atoms with Crippen LogP contribution in [0.25, 0.3) is 0 Å². The van der Waals surface area contributed by atoms with Crippen LogP contribution in [0.1, 0.15) is 43.5 Å². The number of hydrogen-bond acceptors (Lipinski definition) is 3. The van der Waals surface area contributed by atoms with Crippen LogP contribution in [0.5, 0.6) is 0 Å². The number of likely N-dealkylation sites (tertiary alicyclic amines) is 1. The summed E-state index contributed by atoms with van der Waals surface area (Å²) in [7, 11) is 0. The highest BCUT2D eigenvalue weighted by atomic mass is 79.9. The normalized spacial score (nSPS) is 22.1. The second-order valence-electron chi connectivity index (χ2n) is 4.92. The third-order valence-corrected chi connectivity index (χ3v) is 5.18. The van der Waals surface area contributed by atoms with Gasteiger partial charge in [0.25, 0.3) is 0 Å². The van der Waals surface area contributed by atoms with Crippen molar-refractivity contribution in [3.63, 3.8) is 0 Å². The summed E-state index contributed by atoms with van der Waals surface area (Å²) >= 11 is 5.36. The maximum Gasteiger partial charge on any atom is 0.0591 e. The summed E-state index contributed by atoms with van der Waals surface area (Å²) in [5.74, 6) is 0. The van der Waals surface area contributed by atoms with Crippen molar-refractivity contribution in [2.45, 2.75) is 44.7 Å². The van der Waals surface area contributed by atoms with E-state index in [1.165, 1.54) is 48.1 Å². The van der Waals surface area contributed by atoms with E-state index >= 15 is 0 Å². The van der Waals surface area contributed by atoms with Gasteiger partial charge in [-0.15, -0.1) is 11.3 Å². The fraction of sp³-hybridized carbons (Fsp3) is 0.692. The Hall–Kier alpha value is 0.1000. The highest BCUT2D eigenvalue weighted by molar-refractivity contribution is 9.10. The Morgan fingerprint density at radius 2 is 1.94 bits per heavy atom. The summed E-state index contributed by atoms with van der Waals surface area (Å²) in [6, 6.07) is 2.81. The summed E-state index contributed by atoms with van der Waals surface area (Å²) in [5, 5.41) is 2.16. The van der Waals surface area contributed by atoms with E-state index in [1.54, 1.807) is 0 Å². The minimum absolute atomic E-state index is 0.193. The topological polar surface area (TPSA) is 29.3 Å². The molecule has 1 aromatic heterocycles. The Balaban J connectivity index is 2.15. The molecular weight excluding hydrogens is 296 g/mol. The van der Waals surface area contributed by atoms with Crippen LogP contribution in [0.2, 0.25) is 0 Å². The molecule has 2 N–H and O–H groups in total. The van der Waals surface area contributed by atoms with Crippen molar-refractivity contribution in [3.8, 4) is 0 Å². The molecular formula is C13H21BrN2S. The Kier molecular flexibility index (Phi) is 5.03. The van der Waals surface area contributed by atoms with E-state index in [-0.39, 0.29) is 6.04 Å². The van der Waals surface area contributed by atoms with E-state index in [2.05, 4.69) is 39.2 Å². The van der Waals surface area contributed by atoms with Gasteiger partial charge < -0.3 is 5.73 Å². The van der Waals surface area contributed by atoms with Gasteiger partial charge in [-0.05, 0) is 54.9 Å². The van der Waals surface area contributed by atoms with Gasteiger partial charge in [-0.1, -0.05) is 12.8 Å². The zero-order chi connectivity index (χ0) is 12.3. The maximum atomic E-state index is 6.21. The van der Waals surface area contributed by atoms with E-state index in [0.29, 0.717) is 6.04 Å². The predicted molar refractivity (Wildman–Crippen MR) is 78.5 cm³/mol. The van der Waals surface area contributed by atoms with E-state index in [4.69, 9.17) is 5.73 Å². The van der Waals surface area contributed by atoms with Gasteiger partial charge in [-0.2, -0.15) is 0 Å². The molecule has 17 heavy (non-hydrogen) atoms. The van der Waals surface area contributed by atoms with Crippen molar-refractivity contribution in [1.29, 1.82) is 0 Å². The van der Waals surface area contributed by atoms with Crippen molar-refractivity contribution in [1.82, 2.24) is 4.90 Å². The molecule has 0 bridgehead atoms. The van der Waals surface area contributed by atoms with Gasteiger partial charge in [0.1, 0.15) is 0 Å². The molecule has 2 rings (SSSR count). The van der Waals surface area contributed by atoms with Gasteiger partial charge in [0, 0.05) is 20.8 Å². The van der Waals surface area contributed by atoms with Gasteiger partial charge >= 0.3 is 0 Å². The summed E-state index contributed by atoms with van der Waals surface area (Å²) in [6.45, 7) is 4.52. The molecule has 0 saturated carbocycles. The average Bonchev–Trinajstić information content (AvgIpc) is 2.53. The molecule has 1 saturated heterocycles. The number of rotatable bonds is 3. The Morgan fingerprint density at radius 3 is 2.41 bits per heavy atom. The van der Waals surface area contributed by atoms with Gasteiger partial charge in [0.15, 0.2) is 0 Å². The van der Waals surface area contributed by atoms with E-state index in [9.17, 15) is 0 Å². The first-order valence-electron chi connectivity index (χ1n) is 6.42. The molecule has 1 aliphatic heterocycles. The molecule has 1 aromatic rings. The number of hydrogen-bond donors (Lipinski definition) is 1. The Labute approximate surface area is 116 Å². The molecule has 2 nitrogen and oxygen atoms in total. The molecule has 96 valence electrons. The lowest BCUT2D eigenvalue weighted by molar-refractivity contribution is 0.186. The van der Waals surface area contributed by atoms with E-state index < -0.39 is 0 Å². The number of nitrogens with two attached hydrogens (primary N) is 1. The number of halogens is 1. The van der Waals surface area contributed by atoms with Crippen molar-refractivity contribution in [2.24, 2.45) is 5.73 Å². The van der Waals surface area contributed by atoms with Crippen LogP contribution < -0.4 is 5.73 Å². The van der Waals surface area contributed by atoms with Crippen LogP contribution in [0.3, 0.4) is 0 Å². The summed E-state index contributed by atoms with van der Waals surface area (Å²) in [5.41, 5.74) is 6.21. The van der Waals surface area contributed by atoms with E-state index in [1.807, 2.05) is 11.3 Å². The van der Waals surface area contributed by atoms with Gasteiger partial charge in [0.2, 0.25) is 0 Å². The van der Waals surface area contributed by atoms with Crippen LogP contribution in [0.4, 0.5) is 0 Å². The summed E-state index contributed by atoms with van der Waals surface area (Å²) < 4.78 is 1.18. The molecule has 0 amide bonds. The molecule has 4 heteroatoms. The highest BCUT2D eigenvalue weighted by Gasteiger charge is 2.25. The second-order valence-corrected chi connectivity index (χ2v) is 6.78. The fourth-order valence-corrected chi connectivity index (χ4v) is 4.32. The first-order chi connectivity index (χ1) is 8.18. The second kappa shape index (κ2) is 6.32. The first kappa shape index (κ1) is 13.5. The monoisotopic (exact) mass is 316 g/mol. The number of nitrogens with zero attached hydrogens (tertiary/aromatic N) is 1. The van der Waals surface area contributed by atoms with Crippen LogP contribution in [-0.4, -0.2) is 24.0 Å². The molecule has 0 radical (unpaired) electrons. The van der Waals surface area contributed by atoms with Crippen LogP contribution in [0.15, 0.2) is 15.9 Å². The molecule has 0 aliphatic carbocycles. The Bertz CT molecular complexity index is 343. The molecule has 2 atom stereocenters. The van der Waals surface area contributed by atoms with Crippen LogP contribution >= 0.6 is 27.3 Å². The van der Waals surface area contributed by atoms with Crippen molar-refractivity contribution >= 4 is 27.3 Å². The lowest BCUT2D eigenvalue weighted by Crippen LogP contribution is -2.39. The molecule has 2 heterocycles. The lowest BCUT2D eigenvalue weighted by atomic mass is 10.1. The average molecular weight is 317 g/mol.